The quantitative estimate of drug-likeness (QED) is 0.555. The van der Waals surface area contributed by atoms with Crippen LogP contribution in [-0.2, 0) is 6.61 Å². The van der Waals surface area contributed by atoms with E-state index in [0.717, 1.165) is 22.3 Å². The number of halogens is 1. The minimum absolute atomic E-state index is 0.217. The van der Waals surface area contributed by atoms with Crippen LogP contribution in [0.5, 0.6) is 5.75 Å². The van der Waals surface area contributed by atoms with Crippen LogP contribution in [-0.4, -0.2) is 14.5 Å². The second kappa shape index (κ2) is 6.99. The third-order valence-corrected chi connectivity index (χ3v) is 4.13. The van der Waals surface area contributed by atoms with Crippen molar-refractivity contribution in [1.82, 2.24) is 14.5 Å². The van der Waals surface area contributed by atoms with E-state index in [4.69, 9.17) is 4.74 Å². The lowest BCUT2D eigenvalue weighted by Gasteiger charge is -2.10. The molecule has 27 heavy (non-hydrogen) atoms. The number of nitrogens with zero attached hydrogens (tertiary/aromatic N) is 3. The van der Waals surface area contributed by atoms with Crippen LogP contribution in [0, 0.1) is 12.7 Å². The summed E-state index contributed by atoms with van der Waals surface area (Å²) in [6.45, 7) is 2.14. The number of hydrogen-bond acceptors (Lipinski definition) is 4. The third-order valence-electron chi connectivity index (χ3n) is 4.13. The van der Waals surface area contributed by atoms with E-state index in [1.807, 2.05) is 25.1 Å². The fourth-order valence-electron chi connectivity index (χ4n) is 2.75. The Morgan fingerprint density at radius 3 is 2.63 bits per heavy atom. The Morgan fingerprint density at radius 2 is 1.85 bits per heavy atom. The number of pyridine rings is 1. The average Bonchev–Trinajstić information content (AvgIpc) is 2.67. The Bertz CT molecular complexity index is 1170. The standard InChI is InChI=1S/C21H16FN3O2/c1-14-12-23-20-10-17(6-7-19(20)24-14)25-9-8-18(11-21(25)26)27-13-15-2-4-16(22)5-3-15/h2-12H,13H2,1H3. The fraction of sp³-hybridized carbons (Fsp3) is 0.0952. The number of hydrogen-bond donors (Lipinski definition) is 0. The highest BCUT2D eigenvalue weighted by atomic mass is 19.1. The highest BCUT2D eigenvalue weighted by Gasteiger charge is 2.05. The Hall–Kier alpha value is -3.54. The Morgan fingerprint density at radius 1 is 1.04 bits per heavy atom. The van der Waals surface area contributed by atoms with Crippen molar-refractivity contribution in [3.8, 4) is 11.4 Å². The number of ether oxygens (including phenoxy) is 1. The lowest BCUT2D eigenvalue weighted by Crippen LogP contribution is -2.16. The van der Waals surface area contributed by atoms with E-state index in [1.54, 1.807) is 30.6 Å². The first-order valence-corrected chi connectivity index (χ1v) is 8.42. The Labute approximate surface area is 154 Å². The molecule has 0 aliphatic heterocycles. The molecule has 2 aromatic heterocycles. The zero-order valence-corrected chi connectivity index (χ0v) is 14.6. The monoisotopic (exact) mass is 361 g/mol. The number of aromatic nitrogens is 3. The molecule has 134 valence electrons. The second-order valence-electron chi connectivity index (χ2n) is 6.17. The molecular weight excluding hydrogens is 345 g/mol. The first kappa shape index (κ1) is 16.9. The molecule has 0 atom stereocenters. The van der Waals surface area contributed by atoms with Gasteiger partial charge < -0.3 is 4.74 Å². The van der Waals surface area contributed by atoms with Gasteiger partial charge in [-0.05, 0) is 48.9 Å². The molecule has 0 N–H and O–H groups in total. The normalized spacial score (nSPS) is 10.9. The van der Waals surface area contributed by atoms with Crippen molar-refractivity contribution < 1.29 is 9.13 Å². The molecule has 2 heterocycles. The molecule has 0 fully saturated rings. The van der Waals surface area contributed by atoms with Crippen molar-refractivity contribution in [3.63, 3.8) is 0 Å². The molecule has 0 amide bonds. The minimum atomic E-state index is -0.295. The van der Waals surface area contributed by atoms with E-state index >= 15 is 0 Å². The molecule has 0 spiro atoms. The van der Waals surface area contributed by atoms with Crippen molar-refractivity contribution in [1.29, 1.82) is 0 Å². The third kappa shape index (κ3) is 3.69. The van der Waals surface area contributed by atoms with Crippen molar-refractivity contribution >= 4 is 11.0 Å². The van der Waals surface area contributed by atoms with Gasteiger partial charge in [-0.3, -0.25) is 14.3 Å². The van der Waals surface area contributed by atoms with E-state index in [0.29, 0.717) is 11.4 Å². The molecule has 0 aliphatic rings. The number of aryl methyl sites for hydroxylation is 1. The van der Waals surface area contributed by atoms with E-state index in [2.05, 4.69) is 9.97 Å². The predicted molar refractivity (Wildman–Crippen MR) is 101 cm³/mol. The lowest BCUT2D eigenvalue weighted by atomic mass is 10.2. The maximum absolute atomic E-state index is 12.9. The van der Waals surface area contributed by atoms with Gasteiger partial charge in [0.1, 0.15) is 18.2 Å². The number of benzene rings is 2. The molecule has 4 aromatic rings. The molecule has 6 heteroatoms. The van der Waals surface area contributed by atoms with Crippen molar-refractivity contribution in [2.75, 3.05) is 0 Å². The molecule has 0 saturated carbocycles. The van der Waals surface area contributed by atoms with Crippen LogP contribution in [0.1, 0.15) is 11.3 Å². The topological polar surface area (TPSA) is 57.0 Å². The van der Waals surface area contributed by atoms with Crippen molar-refractivity contribution in [2.24, 2.45) is 0 Å². The first-order chi connectivity index (χ1) is 13.1. The number of rotatable bonds is 4. The van der Waals surface area contributed by atoms with Gasteiger partial charge in [0.2, 0.25) is 0 Å². The lowest BCUT2D eigenvalue weighted by molar-refractivity contribution is 0.305. The second-order valence-corrected chi connectivity index (χ2v) is 6.17. The van der Waals surface area contributed by atoms with Crippen LogP contribution in [0.4, 0.5) is 4.39 Å². The summed E-state index contributed by atoms with van der Waals surface area (Å²) in [6.07, 6.45) is 3.35. The van der Waals surface area contributed by atoms with E-state index in [-0.39, 0.29) is 18.0 Å². The summed E-state index contributed by atoms with van der Waals surface area (Å²) in [7, 11) is 0. The van der Waals surface area contributed by atoms with Gasteiger partial charge in [0, 0.05) is 18.5 Å². The molecule has 5 nitrogen and oxygen atoms in total. The van der Waals surface area contributed by atoms with E-state index in [9.17, 15) is 9.18 Å². The van der Waals surface area contributed by atoms with Crippen molar-refractivity contribution in [2.45, 2.75) is 13.5 Å². The summed E-state index contributed by atoms with van der Waals surface area (Å²) in [5.74, 6) is 0.161. The van der Waals surface area contributed by atoms with Gasteiger partial charge in [-0.2, -0.15) is 0 Å². The highest BCUT2D eigenvalue weighted by molar-refractivity contribution is 5.76. The number of fused-ring (bicyclic) bond motifs is 1. The van der Waals surface area contributed by atoms with E-state index < -0.39 is 0 Å². The fourth-order valence-corrected chi connectivity index (χ4v) is 2.75. The van der Waals surface area contributed by atoms with Crippen LogP contribution < -0.4 is 10.3 Å². The van der Waals surface area contributed by atoms with Gasteiger partial charge in [-0.15, -0.1) is 0 Å². The molecule has 0 bridgehead atoms. The Kier molecular flexibility index (Phi) is 4.38. The van der Waals surface area contributed by atoms with Crippen LogP contribution in [0.25, 0.3) is 16.7 Å². The summed E-state index contributed by atoms with van der Waals surface area (Å²) in [4.78, 5) is 21.3. The average molecular weight is 361 g/mol. The van der Waals surface area contributed by atoms with Gasteiger partial charge in [0.05, 0.1) is 22.4 Å². The van der Waals surface area contributed by atoms with E-state index in [1.165, 1.54) is 22.8 Å². The summed E-state index contributed by atoms with van der Waals surface area (Å²) in [5.41, 5.74) is 3.66. The summed E-state index contributed by atoms with van der Waals surface area (Å²) < 4.78 is 20.1. The summed E-state index contributed by atoms with van der Waals surface area (Å²) in [5, 5.41) is 0. The molecule has 0 saturated heterocycles. The van der Waals surface area contributed by atoms with Gasteiger partial charge in [0.25, 0.3) is 5.56 Å². The van der Waals surface area contributed by atoms with Crippen LogP contribution >= 0.6 is 0 Å². The minimum Gasteiger partial charge on any atom is -0.489 e. The van der Waals surface area contributed by atoms with Gasteiger partial charge in [0.15, 0.2) is 0 Å². The van der Waals surface area contributed by atoms with Gasteiger partial charge >= 0.3 is 0 Å². The zero-order chi connectivity index (χ0) is 18.8. The maximum Gasteiger partial charge on any atom is 0.258 e. The molecule has 4 rings (SSSR count). The first-order valence-electron chi connectivity index (χ1n) is 8.42. The molecule has 0 unspecified atom stereocenters. The molecular formula is C21H16FN3O2. The summed E-state index contributed by atoms with van der Waals surface area (Å²) >= 11 is 0. The van der Waals surface area contributed by atoms with Gasteiger partial charge in [-0.1, -0.05) is 12.1 Å². The molecule has 0 aliphatic carbocycles. The maximum atomic E-state index is 12.9. The van der Waals surface area contributed by atoms with Crippen molar-refractivity contribution in [3.05, 3.63) is 94.4 Å². The summed E-state index contributed by atoms with van der Waals surface area (Å²) in [6, 6.07) is 14.7. The van der Waals surface area contributed by atoms with Gasteiger partial charge in [-0.25, -0.2) is 9.37 Å². The highest BCUT2D eigenvalue weighted by Crippen LogP contribution is 2.16. The largest absolute Gasteiger partial charge is 0.489 e. The van der Waals surface area contributed by atoms with Crippen LogP contribution in [0.2, 0.25) is 0 Å². The zero-order valence-electron chi connectivity index (χ0n) is 14.6. The Balaban J connectivity index is 1.57. The molecule has 0 radical (unpaired) electrons. The smallest absolute Gasteiger partial charge is 0.258 e. The molecule has 2 aromatic carbocycles. The SMILES string of the molecule is Cc1cnc2cc(-n3ccc(OCc4ccc(F)cc4)cc3=O)ccc2n1. The van der Waals surface area contributed by atoms with Crippen LogP contribution in [0.3, 0.4) is 0 Å². The van der Waals surface area contributed by atoms with Crippen LogP contribution in [0.15, 0.2) is 71.8 Å². The predicted octanol–water partition coefficient (Wildman–Crippen LogP) is 3.81.